The Hall–Kier alpha value is -0.487. The monoisotopic (exact) mass is 491 g/mol. The SMILES string of the molecule is CCCCC(C)c1cc2c(-c3ccc(C(C)(C)C)cc3)cccc2[cH-]1.[Cl-].[Cl-].[Zr+3]. The molecule has 3 heteroatoms. The predicted molar refractivity (Wildman–Crippen MR) is 112 cm³/mol. The summed E-state index contributed by atoms with van der Waals surface area (Å²) < 4.78 is 0. The van der Waals surface area contributed by atoms with Crippen molar-refractivity contribution in [3.05, 3.63) is 65.7 Å². The van der Waals surface area contributed by atoms with Crippen molar-refractivity contribution in [2.75, 3.05) is 0 Å². The Kier molecular flexibility index (Phi) is 11.4. The third-order valence-corrected chi connectivity index (χ3v) is 5.39. The summed E-state index contributed by atoms with van der Waals surface area (Å²) in [5, 5.41) is 2.76. The van der Waals surface area contributed by atoms with E-state index in [1.807, 2.05) is 0 Å². The van der Waals surface area contributed by atoms with Gasteiger partial charge in [-0.3, -0.25) is 0 Å². The van der Waals surface area contributed by atoms with Gasteiger partial charge in [0.25, 0.3) is 0 Å². The molecule has 3 aromatic carbocycles. The molecule has 28 heavy (non-hydrogen) atoms. The minimum Gasteiger partial charge on any atom is -1.00 e. The third-order valence-electron chi connectivity index (χ3n) is 5.39. The van der Waals surface area contributed by atoms with Crippen LogP contribution in [-0.4, -0.2) is 0 Å². The number of rotatable bonds is 5. The second kappa shape index (κ2) is 11.6. The Morgan fingerprint density at radius 2 is 1.61 bits per heavy atom. The molecule has 0 heterocycles. The van der Waals surface area contributed by atoms with Crippen LogP contribution in [0.1, 0.15) is 70.9 Å². The van der Waals surface area contributed by atoms with Crippen LogP contribution in [0, 0.1) is 0 Å². The molecule has 1 radical (unpaired) electrons. The van der Waals surface area contributed by atoms with E-state index in [9.17, 15) is 0 Å². The van der Waals surface area contributed by atoms with E-state index in [1.54, 1.807) is 0 Å². The standard InChI is InChI=1S/C25H31.2ClH.Zr/c1-6-7-9-18(2)21-16-20-10-8-11-23(24(20)17-21)19-12-14-22(15-13-19)25(3,4)5;;;/h8,10-18H,6-7,9H2,1-5H3;2*1H;/q-1;;;+3/p-2. The summed E-state index contributed by atoms with van der Waals surface area (Å²) in [6, 6.07) is 20.6. The molecule has 0 aliphatic carbocycles. The molecule has 149 valence electrons. The van der Waals surface area contributed by atoms with Crippen molar-refractivity contribution in [3.8, 4) is 11.1 Å². The summed E-state index contributed by atoms with van der Waals surface area (Å²) in [7, 11) is 0. The smallest absolute Gasteiger partial charge is 1.00 e. The molecule has 0 spiro atoms. The van der Waals surface area contributed by atoms with E-state index in [2.05, 4.69) is 89.2 Å². The van der Waals surface area contributed by atoms with Crippen LogP contribution in [0.25, 0.3) is 21.9 Å². The summed E-state index contributed by atoms with van der Waals surface area (Å²) >= 11 is 0. The van der Waals surface area contributed by atoms with E-state index >= 15 is 0 Å². The van der Waals surface area contributed by atoms with Gasteiger partial charge in [0.2, 0.25) is 0 Å². The van der Waals surface area contributed by atoms with Crippen LogP contribution in [0.15, 0.2) is 54.6 Å². The van der Waals surface area contributed by atoms with Gasteiger partial charge in [0.05, 0.1) is 0 Å². The van der Waals surface area contributed by atoms with Crippen molar-refractivity contribution in [2.24, 2.45) is 0 Å². The van der Waals surface area contributed by atoms with Crippen LogP contribution < -0.4 is 24.8 Å². The zero-order valence-corrected chi connectivity index (χ0v) is 21.6. The van der Waals surface area contributed by atoms with Crippen LogP contribution in [0.4, 0.5) is 0 Å². The van der Waals surface area contributed by atoms with Crippen LogP contribution >= 0.6 is 0 Å². The number of halogens is 2. The first-order valence-electron chi connectivity index (χ1n) is 9.70. The maximum Gasteiger partial charge on any atom is 3.00 e. The Bertz CT molecular complexity index is 841. The molecule has 3 aromatic rings. The molecule has 0 saturated heterocycles. The molecule has 0 bridgehead atoms. The second-order valence-electron chi connectivity index (χ2n) is 8.47. The molecule has 1 unspecified atom stereocenters. The molecule has 0 amide bonds. The van der Waals surface area contributed by atoms with E-state index in [0.29, 0.717) is 5.92 Å². The average Bonchev–Trinajstić information content (AvgIpc) is 3.03. The Morgan fingerprint density at radius 3 is 2.18 bits per heavy atom. The maximum absolute atomic E-state index is 2.42. The normalized spacial score (nSPS) is 11.9. The van der Waals surface area contributed by atoms with Gasteiger partial charge in [0, 0.05) is 0 Å². The molecular weight excluding hydrogens is 462 g/mol. The number of benzene rings is 2. The minimum absolute atomic E-state index is 0. The molecular formula is C25H31Cl2Zr. The van der Waals surface area contributed by atoms with Gasteiger partial charge < -0.3 is 24.8 Å². The quantitative estimate of drug-likeness (QED) is 0.476. The van der Waals surface area contributed by atoms with Gasteiger partial charge in [-0.1, -0.05) is 83.4 Å². The summed E-state index contributed by atoms with van der Waals surface area (Å²) in [6.07, 6.45) is 3.86. The zero-order chi connectivity index (χ0) is 18.0. The van der Waals surface area contributed by atoms with Gasteiger partial charge in [0.1, 0.15) is 0 Å². The van der Waals surface area contributed by atoms with Crippen molar-refractivity contribution < 1.29 is 51.0 Å². The zero-order valence-electron chi connectivity index (χ0n) is 17.7. The topological polar surface area (TPSA) is 0 Å². The van der Waals surface area contributed by atoms with Crippen LogP contribution in [0.2, 0.25) is 0 Å². The first-order chi connectivity index (χ1) is 11.9. The first-order valence-corrected chi connectivity index (χ1v) is 9.70. The number of fused-ring (bicyclic) bond motifs is 1. The predicted octanol–water partition coefficient (Wildman–Crippen LogP) is 1.82. The van der Waals surface area contributed by atoms with Crippen molar-refractivity contribution in [1.29, 1.82) is 0 Å². The largest absolute Gasteiger partial charge is 3.00 e. The van der Waals surface area contributed by atoms with Gasteiger partial charge in [-0.2, -0.15) is 6.07 Å². The molecule has 0 aliphatic rings. The van der Waals surface area contributed by atoms with E-state index in [-0.39, 0.29) is 56.4 Å². The van der Waals surface area contributed by atoms with Gasteiger partial charge in [0.15, 0.2) is 0 Å². The third kappa shape index (κ3) is 6.25. The minimum atomic E-state index is 0. The first kappa shape index (κ1) is 27.5. The van der Waals surface area contributed by atoms with Gasteiger partial charge in [-0.15, -0.1) is 34.5 Å². The summed E-state index contributed by atoms with van der Waals surface area (Å²) in [5.74, 6) is 0.642. The van der Waals surface area contributed by atoms with E-state index in [1.165, 1.54) is 52.3 Å². The van der Waals surface area contributed by atoms with Gasteiger partial charge >= 0.3 is 26.2 Å². The fourth-order valence-electron chi connectivity index (χ4n) is 3.62. The number of hydrogen-bond acceptors (Lipinski definition) is 0. The molecule has 1 atom stereocenters. The molecule has 0 saturated carbocycles. The maximum atomic E-state index is 2.42. The van der Waals surface area contributed by atoms with E-state index in [4.69, 9.17) is 0 Å². The number of hydrogen-bond donors (Lipinski definition) is 0. The molecule has 0 fully saturated rings. The van der Waals surface area contributed by atoms with Crippen molar-refractivity contribution in [2.45, 2.75) is 65.2 Å². The summed E-state index contributed by atoms with van der Waals surface area (Å²) in [6.45, 7) is 11.4. The van der Waals surface area contributed by atoms with Gasteiger partial charge in [-0.25, -0.2) is 0 Å². The molecule has 0 nitrogen and oxygen atoms in total. The Balaban J connectivity index is 0.00000243. The molecule has 3 rings (SSSR count). The summed E-state index contributed by atoms with van der Waals surface area (Å²) in [5.41, 5.74) is 5.75. The van der Waals surface area contributed by atoms with Gasteiger partial charge in [-0.05, 0) is 28.9 Å². The number of unbranched alkanes of at least 4 members (excludes halogenated alkanes) is 1. The second-order valence-corrected chi connectivity index (χ2v) is 8.47. The fraction of sp³-hybridized carbons (Fsp3) is 0.400. The average molecular weight is 494 g/mol. The van der Waals surface area contributed by atoms with E-state index in [0.717, 1.165) is 0 Å². The Morgan fingerprint density at radius 1 is 0.964 bits per heavy atom. The van der Waals surface area contributed by atoms with Crippen molar-refractivity contribution in [1.82, 2.24) is 0 Å². The van der Waals surface area contributed by atoms with Crippen molar-refractivity contribution in [3.63, 3.8) is 0 Å². The Labute approximate surface area is 202 Å². The van der Waals surface area contributed by atoms with Crippen LogP contribution in [0.3, 0.4) is 0 Å². The van der Waals surface area contributed by atoms with E-state index < -0.39 is 0 Å². The fourth-order valence-corrected chi connectivity index (χ4v) is 3.62. The van der Waals surface area contributed by atoms with Crippen molar-refractivity contribution >= 4 is 10.8 Å². The van der Waals surface area contributed by atoms with Crippen LogP contribution in [0.5, 0.6) is 0 Å². The molecule has 0 N–H and O–H groups in total. The molecule has 0 aliphatic heterocycles. The molecule has 0 aromatic heterocycles. The summed E-state index contributed by atoms with van der Waals surface area (Å²) in [4.78, 5) is 0. The van der Waals surface area contributed by atoms with Crippen LogP contribution in [-0.2, 0) is 31.6 Å².